The van der Waals surface area contributed by atoms with Crippen LogP contribution in [0, 0.1) is 0 Å². The lowest BCUT2D eigenvalue weighted by atomic mass is 9.94. The van der Waals surface area contributed by atoms with Crippen LogP contribution in [0.3, 0.4) is 0 Å². The molecule has 0 N–H and O–H groups in total. The molecule has 1 aliphatic rings. The van der Waals surface area contributed by atoms with Crippen LogP contribution in [0.4, 0.5) is 5.82 Å². The predicted molar refractivity (Wildman–Crippen MR) is 67.2 cm³/mol. The Balaban J connectivity index is 2.05. The monoisotopic (exact) mass is 268 g/mol. The van der Waals surface area contributed by atoms with Gasteiger partial charge >= 0.3 is 0 Å². The van der Waals surface area contributed by atoms with Crippen molar-refractivity contribution in [1.82, 2.24) is 4.98 Å². The zero-order valence-corrected chi connectivity index (χ0v) is 10.7. The summed E-state index contributed by atoms with van der Waals surface area (Å²) < 4.78 is 1.04. The summed E-state index contributed by atoms with van der Waals surface area (Å²) in [4.78, 5) is 6.76. The largest absolute Gasteiger partial charge is 0.357 e. The van der Waals surface area contributed by atoms with Gasteiger partial charge in [0, 0.05) is 23.8 Å². The maximum absolute atomic E-state index is 4.43. The average Bonchev–Trinajstić information content (AvgIpc) is 2.30. The fourth-order valence-electron chi connectivity index (χ4n) is 2.23. The van der Waals surface area contributed by atoms with Gasteiger partial charge < -0.3 is 4.90 Å². The molecule has 1 saturated carbocycles. The van der Waals surface area contributed by atoms with Gasteiger partial charge in [-0.3, -0.25) is 0 Å². The molecule has 2 nitrogen and oxygen atoms in total. The topological polar surface area (TPSA) is 16.1 Å². The highest BCUT2D eigenvalue weighted by atomic mass is 79.9. The Kier molecular flexibility index (Phi) is 3.62. The molecule has 1 fully saturated rings. The first-order chi connectivity index (χ1) is 7.27. The van der Waals surface area contributed by atoms with Crippen molar-refractivity contribution in [3.05, 3.63) is 22.8 Å². The Labute approximate surface area is 99.8 Å². The van der Waals surface area contributed by atoms with Gasteiger partial charge in [0.1, 0.15) is 5.82 Å². The molecule has 0 amide bonds. The summed E-state index contributed by atoms with van der Waals surface area (Å²) in [5, 5.41) is 0. The third-order valence-corrected chi connectivity index (χ3v) is 3.66. The first-order valence-electron chi connectivity index (χ1n) is 5.62. The summed E-state index contributed by atoms with van der Waals surface area (Å²) in [5.41, 5.74) is 0. The summed E-state index contributed by atoms with van der Waals surface area (Å²) in [7, 11) is 2.16. The molecule has 1 aliphatic carbocycles. The van der Waals surface area contributed by atoms with E-state index in [9.17, 15) is 0 Å². The van der Waals surface area contributed by atoms with E-state index in [2.05, 4.69) is 45.0 Å². The number of nitrogens with zero attached hydrogens (tertiary/aromatic N) is 2. The quantitative estimate of drug-likeness (QED) is 0.815. The van der Waals surface area contributed by atoms with Crippen LogP contribution < -0.4 is 4.90 Å². The van der Waals surface area contributed by atoms with Gasteiger partial charge in [-0.15, -0.1) is 0 Å². The SMILES string of the molecule is CN(c1ccc(Br)cn1)C1CCCCC1. The number of aromatic nitrogens is 1. The Morgan fingerprint density at radius 2 is 2.00 bits per heavy atom. The van der Waals surface area contributed by atoms with Crippen molar-refractivity contribution in [2.24, 2.45) is 0 Å². The average molecular weight is 269 g/mol. The molecule has 15 heavy (non-hydrogen) atoms. The van der Waals surface area contributed by atoms with Gasteiger partial charge in [0.25, 0.3) is 0 Å². The first-order valence-corrected chi connectivity index (χ1v) is 6.41. The lowest BCUT2D eigenvalue weighted by Gasteiger charge is -2.32. The minimum Gasteiger partial charge on any atom is -0.357 e. The molecule has 0 aromatic carbocycles. The van der Waals surface area contributed by atoms with E-state index >= 15 is 0 Å². The Bertz CT molecular complexity index is 304. The van der Waals surface area contributed by atoms with E-state index in [1.54, 1.807) is 0 Å². The molecule has 1 heterocycles. The zero-order valence-electron chi connectivity index (χ0n) is 9.12. The van der Waals surface area contributed by atoms with Crippen LogP contribution in [0.1, 0.15) is 32.1 Å². The van der Waals surface area contributed by atoms with Crippen molar-refractivity contribution >= 4 is 21.7 Å². The molecule has 0 atom stereocenters. The molecule has 1 aromatic rings. The highest BCUT2D eigenvalue weighted by molar-refractivity contribution is 9.10. The fraction of sp³-hybridized carbons (Fsp3) is 0.583. The van der Waals surface area contributed by atoms with Gasteiger partial charge in [-0.25, -0.2) is 4.98 Å². The maximum atomic E-state index is 4.43. The minimum absolute atomic E-state index is 0.687. The highest BCUT2D eigenvalue weighted by Crippen LogP contribution is 2.25. The molecule has 0 saturated heterocycles. The highest BCUT2D eigenvalue weighted by Gasteiger charge is 2.18. The number of hydrogen-bond donors (Lipinski definition) is 0. The molecule has 82 valence electrons. The second-order valence-electron chi connectivity index (χ2n) is 4.24. The van der Waals surface area contributed by atoms with Crippen molar-refractivity contribution in [2.45, 2.75) is 38.1 Å². The normalized spacial score (nSPS) is 17.7. The standard InChI is InChI=1S/C12H17BrN2/c1-15(11-5-3-2-4-6-11)12-8-7-10(13)9-14-12/h7-9,11H,2-6H2,1H3. The minimum atomic E-state index is 0.687. The molecule has 0 spiro atoms. The number of hydrogen-bond acceptors (Lipinski definition) is 2. The molecule has 3 heteroatoms. The Morgan fingerprint density at radius 1 is 1.27 bits per heavy atom. The van der Waals surface area contributed by atoms with Crippen LogP contribution in [-0.4, -0.2) is 18.1 Å². The zero-order chi connectivity index (χ0) is 10.7. The van der Waals surface area contributed by atoms with Crippen LogP contribution in [0.15, 0.2) is 22.8 Å². The third-order valence-electron chi connectivity index (χ3n) is 3.20. The fourth-order valence-corrected chi connectivity index (χ4v) is 2.47. The molecule has 0 aliphatic heterocycles. The van der Waals surface area contributed by atoms with E-state index in [0.717, 1.165) is 10.3 Å². The molecule has 1 aromatic heterocycles. The second-order valence-corrected chi connectivity index (χ2v) is 5.15. The molecular weight excluding hydrogens is 252 g/mol. The van der Waals surface area contributed by atoms with Gasteiger partial charge in [0.2, 0.25) is 0 Å². The van der Waals surface area contributed by atoms with Gasteiger partial charge in [-0.1, -0.05) is 19.3 Å². The van der Waals surface area contributed by atoms with Crippen molar-refractivity contribution in [3.8, 4) is 0 Å². The van der Waals surface area contributed by atoms with Crippen molar-refractivity contribution in [3.63, 3.8) is 0 Å². The second kappa shape index (κ2) is 4.97. The van der Waals surface area contributed by atoms with Crippen LogP contribution >= 0.6 is 15.9 Å². The molecular formula is C12H17BrN2. The summed E-state index contributed by atoms with van der Waals surface area (Å²) in [5.74, 6) is 1.09. The summed E-state index contributed by atoms with van der Waals surface area (Å²) >= 11 is 3.41. The van der Waals surface area contributed by atoms with E-state index in [1.807, 2.05) is 6.20 Å². The van der Waals surface area contributed by atoms with Crippen molar-refractivity contribution < 1.29 is 0 Å². The van der Waals surface area contributed by atoms with E-state index in [1.165, 1.54) is 32.1 Å². The predicted octanol–water partition coefficient (Wildman–Crippen LogP) is 3.61. The van der Waals surface area contributed by atoms with Crippen molar-refractivity contribution in [2.75, 3.05) is 11.9 Å². The lowest BCUT2D eigenvalue weighted by molar-refractivity contribution is 0.426. The number of halogens is 1. The Morgan fingerprint density at radius 3 is 2.60 bits per heavy atom. The van der Waals surface area contributed by atoms with Gasteiger partial charge in [0.15, 0.2) is 0 Å². The Hall–Kier alpha value is -0.570. The van der Waals surface area contributed by atoms with Gasteiger partial charge in [0.05, 0.1) is 0 Å². The maximum Gasteiger partial charge on any atom is 0.128 e. The summed E-state index contributed by atoms with van der Waals surface area (Å²) in [6, 6.07) is 4.83. The summed E-state index contributed by atoms with van der Waals surface area (Å²) in [6.07, 6.45) is 8.63. The van der Waals surface area contributed by atoms with E-state index in [-0.39, 0.29) is 0 Å². The van der Waals surface area contributed by atoms with Crippen LogP contribution in [-0.2, 0) is 0 Å². The first kappa shape index (κ1) is 10.9. The van der Waals surface area contributed by atoms with Gasteiger partial charge in [-0.05, 0) is 40.9 Å². The number of rotatable bonds is 2. The van der Waals surface area contributed by atoms with Crippen molar-refractivity contribution in [1.29, 1.82) is 0 Å². The smallest absolute Gasteiger partial charge is 0.128 e. The van der Waals surface area contributed by atoms with E-state index < -0.39 is 0 Å². The van der Waals surface area contributed by atoms with E-state index in [4.69, 9.17) is 0 Å². The number of pyridine rings is 1. The van der Waals surface area contributed by atoms with Crippen LogP contribution in [0.5, 0.6) is 0 Å². The van der Waals surface area contributed by atoms with Crippen LogP contribution in [0.2, 0.25) is 0 Å². The molecule has 2 rings (SSSR count). The molecule has 0 bridgehead atoms. The molecule has 0 unspecified atom stereocenters. The lowest BCUT2D eigenvalue weighted by Crippen LogP contribution is -2.33. The number of anilines is 1. The van der Waals surface area contributed by atoms with Gasteiger partial charge in [-0.2, -0.15) is 0 Å². The summed E-state index contributed by atoms with van der Waals surface area (Å²) in [6.45, 7) is 0. The third kappa shape index (κ3) is 2.71. The molecule has 0 radical (unpaired) electrons. The van der Waals surface area contributed by atoms with E-state index in [0.29, 0.717) is 6.04 Å². The van der Waals surface area contributed by atoms with Crippen LogP contribution in [0.25, 0.3) is 0 Å².